The molecule has 0 aliphatic carbocycles. The second-order valence-corrected chi connectivity index (χ2v) is 8.55. The quantitative estimate of drug-likeness (QED) is 0.459. The monoisotopic (exact) mass is 470 g/mol. The topological polar surface area (TPSA) is 109 Å². The van der Waals surface area contributed by atoms with Crippen LogP contribution in [-0.2, 0) is 22.7 Å². The first-order chi connectivity index (χ1) is 15.4. The predicted molar refractivity (Wildman–Crippen MR) is 126 cm³/mol. The summed E-state index contributed by atoms with van der Waals surface area (Å²) in [4.78, 5) is 26.5. The first-order valence-corrected chi connectivity index (χ1v) is 11.0. The third kappa shape index (κ3) is 5.07. The van der Waals surface area contributed by atoms with Crippen molar-refractivity contribution in [1.29, 1.82) is 0 Å². The molecular formula is C22H23ClN6O2S. The number of H-pyrrole nitrogens is 1. The van der Waals surface area contributed by atoms with Gasteiger partial charge in [-0.25, -0.2) is 0 Å². The van der Waals surface area contributed by atoms with Crippen molar-refractivity contribution in [2.45, 2.75) is 32.0 Å². The third-order valence-corrected chi connectivity index (χ3v) is 6.01. The van der Waals surface area contributed by atoms with Crippen molar-refractivity contribution >= 4 is 41.3 Å². The van der Waals surface area contributed by atoms with E-state index in [2.05, 4.69) is 20.4 Å². The van der Waals surface area contributed by atoms with Crippen molar-refractivity contribution in [2.24, 2.45) is 5.73 Å². The summed E-state index contributed by atoms with van der Waals surface area (Å²) in [6.07, 6.45) is 1.73. The molecule has 0 bridgehead atoms. The van der Waals surface area contributed by atoms with E-state index in [0.29, 0.717) is 27.9 Å². The summed E-state index contributed by atoms with van der Waals surface area (Å²) in [6, 6.07) is 14.5. The Hall–Kier alpha value is -3.01. The predicted octanol–water partition coefficient (Wildman–Crippen LogP) is 3.35. The van der Waals surface area contributed by atoms with Crippen molar-refractivity contribution < 1.29 is 9.59 Å². The molecule has 1 aliphatic heterocycles. The number of nitrogens with one attached hydrogen (secondary N) is 2. The van der Waals surface area contributed by atoms with Gasteiger partial charge < -0.3 is 11.1 Å². The van der Waals surface area contributed by atoms with E-state index < -0.39 is 0 Å². The fourth-order valence-corrected chi connectivity index (χ4v) is 4.27. The van der Waals surface area contributed by atoms with Gasteiger partial charge in [-0.3, -0.25) is 24.2 Å². The van der Waals surface area contributed by atoms with E-state index in [0.717, 1.165) is 30.5 Å². The number of likely N-dealkylation sites (tertiary alicyclic amines) is 1. The maximum Gasteiger partial charge on any atom is 0.244 e. The van der Waals surface area contributed by atoms with Crippen LogP contribution in [0.4, 0.5) is 5.69 Å². The van der Waals surface area contributed by atoms with Crippen molar-refractivity contribution in [1.82, 2.24) is 19.7 Å². The number of hydrogen-bond donors (Lipinski definition) is 3. The summed E-state index contributed by atoms with van der Waals surface area (Å²) in [7, 11) is 0. The van der Waals surface area contributed by atoms with Crippen LogP contribution in [0.5, 0.6) is 0 Å². The molecule has 2 aromatic carbocycles. The lowest BCUT2D eigenvalue weighted by atomic mass is 10.1. The number of carbonyl (C=O) groups is 2. The van der Waals surface area contributed by atoms with Gasteiger partial charge in [0, 0.05) is 22.8 Å². The van der Waals surface area contributed by atoms with Gasteiger partial charge >= 0.3 is 0 Å². The summed E-state index contributed by atoms with van der Waals surface area (Å²) in [5.41, 5.74) is 7.98. The molecule has 1 fully saturated rings. The zero-order valence-electron chi connectivity index (χ0n) is 17.3. The number of nitrogens with zero attached hydrogens (tertiary/aromatic N) is 3. The smallest absolute Gasteiger partial charge is 0.244 e. The second-order valence-electron chi connectivity index (χ2n) is 7.72. The molecule has 4 rings (SSSR count). The number of carbonyl (C=O) groups excluding carboxylic acids is 2. The summed E-state index contributed by atoms with van der Waals surface area (Å²) >= 11 is 11.3. The van der Waals surface area contributed by atoms with Gasteiger partial charge in [0.05, 0.1) is 6.04 Å². The minimum Gasteiger partial charge on any atom is -0.368 e. The molecule has 1 aromatic heterocycles. The van der Waals surface area contributed by atoms with Gasteiger partial charge in [-0.2, -0.15) is 5.10 Å². The van der Waals surface area contributed by atoms with Gasteiger partial charge in [0.2, 0.25) is 11.8 Å². The van der Waals surface area contributed by atoms with E-state index in [1.165, 1.54) is 0 Å². The molecule has 0 spiro atoms. The summed E-state index contributed by atoms with van der Waals surface area (Å²) in [5, 5.41) is 10.5. The number of benzene rings is 2. The number of nitrogens with two attached hydrogens (primary N) is 1. The van der Waals surface area contributed by atoms with Gasteiger partial charge in [0.15, 0.2) is 10.6 Å². The molecule has 0 radical (unpaired) electrons. The number of aromatic nitrogens is 3. The van der Waals surface area contributed by atoms with Crippen LogP contribution in [0.2, 0.25) is 5.02 Å². The van der Waals surface area contributed by atoms with E-state index in [1.807, 2.05) is 36.4 Å². The van der Waals surface area contributed by atoms with Crippen LogP contribution in [0.3, 0.4) is 0 Å². The summed E-state index contributed by atoms with van der Waals surface area (Å²) in [5.74, 6) is 0.0356. The normalized spacial score (nSPS) is 16.2. The lowest BCUT2D eigenvalue weighted by molar-refractivity contribution is -0.122. The average Bonchev–Trinajstić information content (AvgIpc) is 3.36. The molecule has 0 saturated carbocycles. The number of anilines is 1. The van der Waals surface area contributed by atoms with Gasteiger partial charge in [0.25, 0.3) is 0 Å². The Morgan fingerprint density at radius 1 is 1.25 bits per heavy atom. The molecule has 2 amide bonds. The Morgan fingerprint density at radius 3 is 2.78 bits per heavy atom. The third-order valence-electron chi connectivity index (χ3n) is 5.45. The lowest BCUT2D eigenvalue weighted by Gasteiger charge is -2.22. The molecular weight excluding hydrogens is 448 g/mol. The highest BCUT2D eigenvalue weighted by Crippen LogP contribution is 2.22. The zero-order valence-corrected chi connectivity index (χ0v) is 18.8. The van der Waals surface area contributed by atoms with E-state index in [9.17, 15) is 9.59 Å². The molecule has 1 atom stereocenters. The number of primary amides is 1. The molecule has 8 nitrogen and oxygen atoms in total. The Morgan fingerprint density at radius 2 is 2.03 bits per heavy atom. The van der Waals surface area contributed by atoms with E-state index >= 15 is 0 Å². The van der Waals surface area contributed by atoms with E-state index in [1.54, 1.807) is 16.7 Å². The van der Waals surface area contributed by atoms with Crippen molar-refractivity contribution in [3.63, 3.8) is 0 Å². The molecule has 1 aliphatic rings. The number of hydrogen-bond acceptors (Lipinski definition) is 5. The fourth-order valence-electron chi connectivity index (χ4n) is 3.95. The Balaban J connectivity index is 1.45. The van der Waals surface area contributed by atoms with Crippen LogP contribution in [0, 0.1) is 4.77 Å². The highest BCUT2D eigenvalue weighted by atomic mass is 35.5. The molecule has 2 heterocycles. The maximum atomic E-state index is 12.8. The van der Waals surface area contributed by atoms with Crippen LogP contribution in [-0.4, -0.2) is 44.1 Å². The van der Waals surface area contributed by atoms with Crippen LogP contribution in [0.15, 0.2) is 48.5 Å². The molecule has 1 saturated heterocycles. The molecule has 4 N–H and O–H groups in total. The SMILES string of the molecule is NC(=O)C1CCCN1Cc1cccc(NC(=O)Cn2c(-c3ccc(Cl)cc3)n[nH]c2=S)c1. The highest BCUT2D eigenvalue weighted by molar-refractivity contribution is 7.71. The van der Waals surface area contributed by atoms with E-state index in [4.69, 9.17) is 29.6 Å². The van der Waals surface area contributed by atoms with Crippen LogP contribution < -0.4 is 11.1 Å². The second kappa shape index (κ2) is 9.64. The average molecular weight is 471 g/mol. The number of amides is 2. The van der Waals surface area contributed by atoms with Crippen molar-refractivity contribution in [3.05, 3.63) is 63.9 Å². The van der Waals surface area contributed by atoms with Crippen molar-refractivity contribution in [3.8, 4) is 11.4 Å². The van der Waals surface area contributed by atoms with E-state index in [-0.39, 0.29) is 24.4 Å². The number of aromatic amines is 1. The maximum absolute atomic E-state index is 12.8. The van der Waals surface area contributed by atoms with Gasteiger partial charge in [-0.1, -0.05) is 23.7 Å². The molecule has 3 aromatic rings. The fraction of sp³-hybridized carbons (Fsp3) is 0.273. The van der Waals surface area contributed by atoms with Crippen LogP contribution in [0.1, 0.15) is 18.4 Å². The zero-order chi connectivity index (χ0) is 22.7. The Labute approximate surface area is 195 Å². The number of rotatable bonds is 7. The van der Waals surface area contributed by atoms with Crippen LogP contribution >= 0.6 is 23.8 Å². The van der Waals surface area contributed by atoms with Gasteiger partial charge in [-0.15, -0.1) is 0 Å². The molecule has 10 heteroatoms. The molecule has 1 unspecified atom stereocenters. The van der Waals surface area contributed by atoms with Crippen LogP contribution in [0.25, 0.3) is 11.4 Å². The highest BCUT2D eigenvalue weighted by Gasteiger charge is 2.28. The Bertz CT molecular complexity index is 1190. The standard InChI is InChI=1S/C22H23ClN6O2S/c23-16-8-6-15(7-9-16)21-26-27-22(32)29(21)13-19(30)25-17-4-1-3-14(11-17)12-28-10-2-5-18(28)20(24)31/h1,3-4,6-9,11,18H,2,5,10,12-13H2,(H2,24,31)(H,25,30)(H,27,32). The van der Waals surface area contributed by atoms with Gasteiger partial charge in [-0.05, 0) is 73.6 Å². The summed E-state index contributed by atoms with van der Waals surface area (Å²) < 4.78 is 1.99. The van der Waals surface area contributed by atoms with Crippen molar-refractivity contribution in [2.75, 3.05) is 11.9 Å². The van der Waals surface area contributed by atoms with Gasteiger partial charge in [0.1, 0.15) is 6.54 Å². The first kappa shape index (κ1) is 22.2. The largest absolute Gasteiger partial charge is 0.368 e. The minimum atomic E-state index is -0.291. The Kier molecular flexibility index (Phi) is 6.69. The number of halogens is 1. The molecule has 32 heavy (non-hydrogen) atoms. The minimum absolute atomic E-state index is 0.00734. The lowest BCUT2D eigenvalue weighted by Crippen LogP contribution is -2.39. The molecule has 166 valence electrons. The summed E-state index contributed by atoms with van der Waals surface area (Å²) in [6.45, 7) is 1.44. The first-order valence-electron chi connectivity index (χ1n) is 10.2.